The Labute approximate surface area is 143 Å². The van der Waals surface area contributed by atoms with E-state index in [0.29, 0.717) is 6.04 Å². The van der Waals surface area contributed by atoms with Crippen molar-refractivity contribution >= 4 is 17.2 Å². The van der Waals surface area contributed by atoms with Gasteiger partial charge in [-0.15, -0.1) is 16.4 Å². The van der Waals surface area contributed by atoms with Crippen LogP contribution in [0.5, 0.6) is 0 Å². The standard InChI is InChI=1S/C17H17N5OS/c23-17(16-2-1-11-24-16)21-9-5-14(6-10-21)22-12-15(19-20-22)13-3-7-18-8-4-13/h1-4,7-8,11-12,14H,5-6,9-10H2. The number of piperidine rings is 1. The number of hydrogen-bond acceptors (Lipinski definition) is 5. The minimum Gasteiger partial charge on any atom is -0.338 e. The molecule has 1 aliphatic heterocycles. The van der Waals surface area contributed by atoms with Crippen LogP contribution < -0.4 is 0 Å². The van der Waals surface area contributed by atoms with Crippen LogP contribution in [0.4, 0.5) is 0 Å². The molecule has 7 heteroatoms. The van der Waals surface area contributed by atoms with E-state index in [4.69, 9.17) is 0 Å². The van der Waals surface area contributed by atoms with Crippen LogP contribution in [0.25, 0.3) is 11.3 Å². The third-order valence-electron chi connectivity index (χ3n) is 4.34. The van der Waals surface area contributed by atoms with Crippen LogP contribution in [-0.2, 0) is 0 Å². The van der Waals surface area contributed by atoms with E-state index < -0.39 is 0 Å². The Hall–Kier alpha value is -2.54. The molecule has 0 aromatic carbocycles. The van der Waals surface area contributed by atoms with E-state index in [1.165, 1.54) is 11.3 Å². The first kappa shape index (κ1) is 15.0. The van der Waals surface area contributed by atoms with Gasteiger partial charge in [0.2, 0.25) is 0 Å². The summed E-state index contributed by atoms with van der Waals surface area (Å²) in [6.07, 6.45) is 7.29. The molecule has 4 heterocycles. The topological polar surface area (TPSA) is 63.9 Å². The van der Waals surface area contributed by atoms with Gasteiger partial charge in [-0.05, 0) is 36.4 Å². The van der Waals surface area contributed by atoms with Crippen LogP contribution in [0.1, 0.15) is 28.6 Å². The summed E-state index contributed by atoms with van der Waals surface area (Å²) in [4.78, 5) is 19.2. The van der Waals surface area contributed by atoms with E-state index in [9.17, 15) is 4.79 Å². The highest BCUT2D eigenvalue weighted by Crippen LogP contribution is 2.25. The highest BCUT2D eigenvalue weighted by molar-refractivity contribution is 7.12. The minimum absolute atomic E-state index is 0.138. The molecule has 122 valence electrons. The zero-order chi connectivity index (χ0) is 16.4. The van der Waals surface area contributed by atoms with Gasteiger partial charge in [0.25, 0.3) is 5.91 Å². The lowest BCUT2D eigenvalue weighted by Gasteiger charge is -2.31. The number of amides is 1. The van der Waals surface area contributed by atoms with Crippen LogP contribution in [0.2, 0.25) is 0 Å². The van der Waals surface area contributed by atoms with E-state index in [1.807, 2.05) is 45.4 Å². The largest absolute Gasteiger partial charge is 0.338 e. The Morgan fingerprint density at radius 2 is 1.96 bits per heavy atom. The molecule has 0 saturated carbocycles. The molecule has 0 radical (unpaired) electrons. The highest BCUT2D eigenvalue weighted by Gasteiger charge is 2.25. The molecular formula is C17H17N5OS. The molecule has 1 saturated heterocycles. The van der Waals surface area contributed by atoms with Crippen LogP contribution in [0.15, 0.2) is 48.2 Å². The summed E-state index contributed by atoms with van der Waals surface area (Å²) < 4.78 is 1.93. The third-order valence-corrected chi connectivity index (χ3v) is 5.20. The van der Waals surface area contributed by atoms with Gasteiger partial charge in [0, 0.05) is 31.0 Å². The van der Waals surface area contributed by atoms with Crippen molar-refractivity contribution in [2.45, 2.75) is 18.9 Å². The number of carbonyl (C=O) groups excluding carboxylic acids is 1. The molecule has 0 N–H and O–H groups in total. The number of aromatic nitrogens is 4. The van der Waals surface area contributed by atoms with Gasteiger partial charge in [0.15, 0.2) is 0 Å². The molecular weight excluding hydrogens is 322 g/mol. The fourth-order valence-corrected chi connectivity index (χ4v) is 3.69. The van der Waals surface area contributed by atoms with Crippen molar-refractivity contribution in [3.05, 3.63) is 53.1 Å². The smallest absolute Gasteiger partial charge is 0.263 e. The molecule has 3 aromatic rings. The van der Waals surface area contributed by atoms with E-state index in [0.717, 1.165) is 42.1 Å². The Morgan fingerprint density at radius 3 is 2.67 bits per heavy atom. The van der Waals surface area contributed by atoms with Gasteiger partial charge in [-0.2, -0.15) is 0 Å². The maximum atomic E-state index is 12.4. The lowest BCUT2D eigenvalue weighted by Crippen LogP contribution is -2.38. The lowest BCUT2D eigenvalue weighted by atomic mass is 10.0. The zero-order valence-electron chi connectivity index (χ0n) is 13.1. The summed E-state index contributed by atoms with van der Waals surface area (Å²) in [7, 11) is 0. The van der Waals surface area contributed by atoms with Gasteiger partial charge in [-0.3, -0.25) is 9.78 Å². The van der Waals surface area contributed by atoms with Gasteiger partial charge in [0.1, 0.15) is 5.69 Å². The van der Waals surface area contributed by atoms with Crippen LogP contribution in [-0.4, -0.2) is 43.9 Å². The fraction of sp³-hybridized carbons (Fsp3) is 0.294. The number of pyridine rings is 1. The first-order valence-corrected chi connectivity index (χ1v) is 8.84. The molecule has 0 bridgehead atoms. The molecule has 0 unspecified atom stereocenters. The Morgan fingerprint density at radius 1 is 1.17 bits per heavy atom. The number of carbonyl (C=O) groups is 1. The second-order valence-electron chi connectivity index (χ2n) is 5.82. The number of rotatable bonds is 3. The number of likely N-dealkylation sites (tertiary alicyclic amines) is 1. The average Bonchev–Trinajstić information content (AvgIpc) is 3.34. The first-order valence-electron chi connectivity index (χ1n) is 7.96. The normalized spacial score (nSPS) is 15.6. The monoisotopic (exact) mass is 339 g/mol. The van der Waals surface area contributed by atoms with Gasteiger partial charge in [-0.25, -0.2) is 4.68 Å². The van der Waals surface area contributed by atoms with Crippen molar-refractivity contribution in [3.63, 3.8) is 0 Å². The zero-order valence-corrected chi connectivity index (χ0v) is 13.9. The molecule has 4 rings (SSSR count). The fourth-order valence-electron chi connectivity index (χ4n) is 3.00. The van der Waals surface area contributed by atoms with Gasteiger partial charge in [0.05, 0.1) is 17.1 Å². The molecule has 3 aromatic heterocycles. The van der Waals surface area contributed by atoms with Crippen molar-refractivity contribution in [1.29, 1.82) is 0 Å². The summed E-state index contributed by atoms with van der Waals surface area (Å²) in [5.41, 5.74) is 1.87. The van der Waals surface area contributed by atoms with Crippen LogP contribution in [0, 0.1) is 0 Å². The summed E-state index contributed by atoms with van der Waals surface area (Å²) in [5.74, 6) is 0.138. The summed E-state index contributed by atoms with van der Waals surface area (Å²) in [5, 5.41) is 10.5. The van der Waals surface area contributed by atoms with Crippen molar-refractivity contribution in [3.8, 4) is 11.3 Å². The SMILES string of the molecule is O=C(c1cccs1)N1CCC(n2cc(-c3ccncc3)nn2)CC1. The number of nitrogens with zero attached hydrogens (tertiary/aromatic N) is 5. The summed E-state index contributed by atoms with van der Waals surface area (Å²) in [6, 6.07) is 7.95. The molecule has 1 aliphatic rings. The van der Waals surface area contributed by atoms with Crippen molar-refractivity contribution in [1.82, 2.24) is 24.9 Å². The van der Waals surface area contributed by atoms with Crippen LogP contribution >= 0.6 is 11.3 Å². The summed E-state index contributed by atoms with van der Waals surface area (Å²) in [6.45, 7) is 1.51. The molecule has 6 nitrogen and oxygen atoms in total. The van der Waals surface area contributed by atoms with E-state index in [-0.39, 0.29) is 5.91 Å². The maximum absolute atomic E-state index is 12.4. The third kappa shape index (κ3) is 2.94. The van der Waals surface area contributed by atoms with Gasteiger partial charge >= 0.3 is 0 Å². The average molecular weight is 339 g/mol. The maximum Gasteiger partial charge on any atom is 0.263 e. The second-order valence-corrected chi connectivity index (χ2v) is 6.77. The Bertz CT molecular complexity index is 807. The molecule has 24 heavy (non-hydrogen) atoms. The second kappa shape index (κ2) is 6.52. The summed E-state index contributed by atoms with van der Waals surface area (Å²) >= 11 is 1.50. The Balaban J connectivity index is 1.41. The van der Waals surface area contributed by atoms with Crippen molar-refractivity contribution < 1.29 is 4.79 Å². The van der Waals surface area contributed by atoms with E-state index >= 15 is 0 Å². The van der Waals surface area contributed by atoms with E-state index in [2.05, 4.69) is 15.3 Å². The number of hydrogen-bond donors (Lipinski definition) is 0. The quantitative estimate of drug-likeness (QED) is 0.736. The van der Waals surface area contributed by atoms with Crippen LogP contribution in [0.3, 0.4) is 0 Å². The predicted molar refractivity (Wildman–Crippen MR) is 91.7 cm³/mol. The molecule has 0 spiro atoms. The first-order chi connectivity index (χ1) is 11.8. The molecule has 0 aliphatic carbocycles. The van der Waals surface area contributed by atoms with Gasteiger partial charge < -0.3 is 4.90 Å². The van der Waals surface area contributed by atoms with Gasteiger partial charge in [-0.1, -0.05) is 11.3 Å². The molecule has 1 amide bonds. The van der Waals surface area contributed by atoms with Crippen molar-refractivity contribution in [2.24, 2.45) is 0 Å². The molecule has 1 fully saturated rings. The lowest BCUT2D eigenvalue weighted by molar-refractivity contribution is 0.0694. The highest BCUT2D eigenvalue weighted by atomic mass is 32.1. The van der Waals surface area contributed by atoms with E-state index in [1.54, 1.807) is 12.4 Å². The number of thiophene rings is 1. The van der Waals surface area contributed by atoms with Crippen molar-refractivity contribution in [2.75, 3.05) is 13.1 Å². The molecule has 0 atom stereocenters. The predicted octanol–water partition coefficient (Wildman–Crippen LogP) is 2.88. The Kier molecular flexibility index (Phi) is 4.08. The minimum atomic E-state index is 0.138.